The van der Waals surface area contributed by atoms with Crippen molar-refractivity contribution in [3.05, 3.63) is 46.5 Å². The minimum Gasteiger partial charge on any atom is -0.472 e. The van der Waals surface area contributed by atoms with Crippen LogP contribution in [0.3, 0.4) is 0 Å². The molecule has 0 spiro atoms. The maximum atomic E-state index is 12.1. The predicted molar refractivity (Wildman–Crippen MR) is 87.0 cm³/mol. The Morgan fingerprint density at radius 2 is 2.24 bits per heavy atom. The van der Waals surface area contributed by atoms with Crippen LogP contribution in [0.4, 0.5) is 0 Å². The summed E-state index contributed by atoms with van der Waals surface area (Å²) in [7, 11) is 0. The van der Waals surface area contributed by atoms with E-state index in [0.29, 0.717) is 6.54 Å². The number of amides is 1. The predicted octanol–water partition coefficient (Wildman–Crippen LogP) is 2.86. The summed E-state index contributed by atoms with van der Waals surface area (Å²) in [6.45, 7) is 2.71. The molecular weight excluding hydrogens is 304 g/mol. The molecule has 1 saturated heterocycles. The molecule has 3 rings (SSSR count). The van der Waals surface area contributed by atoms with Gasteiger partial charge in [0.05, 0.1) is 23.4 Å². The molecule has 1 fully saturated rings. The number of thioether (sulfide) groups is 1. The van der Waals surface area contributed by atoms with E-state index in [4.69, 9.17) is 4.42 Å². The van der Waals surface area contributed by atoms with Crippen molar-refractivity contribution < 1.29 is 9.21 Å². The van der Waals surface area contributed by atoms with Gasteiger partial charge in [0.1, 0.15) is 0 Å². The number of hydrogen-bond donors (Lipinski definition) is 1. The molecule has 2 aromatic heterocycles. The van der Waals surface area contributed by atoms with Crippen LogP contribution >= 0.6 is 23.1 Å². The Bertz CT molecular complexity index is 548. The van der Waals surface area contributed by atoms with E-state index in [1.165, 1.54) is 11.3 Å². The fourth-order valence-electron chi connectivity index (χ4n) is 2.50. The maximum absolute atomic E-state index is 12.1. The normalized spacial score (nSPS) is 17.5. The topological polar surface area (TPSA) is 45.5 Å². The highest BCUT2D eigenvalue weighted by atomic mass is 32.2. The van der Waals surface area contributed by atoms with Gasteiger partial charge in [-0.15, -0.1) is 11.3 Å². The van der Waals surface area contributed by atoms with Crippen LogP contribution in [-0.2, 0) is 0 Å². The molecule has 1 amide bonds. The van der Waals surface area contributed by atoms with Crippen LogP contribution in [0.1, 0.15) is 21.3 Å². The zero-order valence-corrected chi connectivity index (χ0v) is 13.3. The average Bonchev–Trinajstić information content (AvgIpc) is 3.22. The zero-order valence-electron chi connectivity index (χ0n) is 11.7. The number of nitrogens with zero attached hydrogens (tertiary/aromatic N) is 1. The van der Waals surface area contributed by atoms with Crippen LogP contribution in [-0.4, -0.2) is 41.9 Å². The van der Waals surface area contributed by atoms with E-state index < -0.39 is 0 Å². The van der Waals surface area contributed by atoms with E-state index >= 15 is 0 Å². The summed E-state index contributed by atoms with van der Waals surface area (Å²) < 4.78 is 5.22. The van der Waals surface area contributed by atoms with Gasteiger partial charge >= 0.3 is 0 Å². The van der Waals surface area contributed by atoms with E-state index in [9.17, 15) is 4.79 Å². The molecule has 0 radical (unpaired) electrons. The Morgan fingerprint density at radius 1 is 1.38 bits per heavy atom. The summed E-state index contributed by atoms with van der Waals surface area (Å²) >= 11 is 3.45. The van der Waals surface area contributed by atoms with Crippen molar-refractivity contribution in [3.8, 4) is 0 Å². The zero-order chi connectivity index (χ0) is 14.5. The van der Waals surface area contributed by atoms with E-state index in [0.717, 1.165) is 35.0 Å². The maximum Gasteiger partial charge on any atom is 0.261 e. The van der Waals surface area contributed by atoms with E-state index in [-0.39, 0.29) is 11.9 Å². The second-order valence-electron chi connectivity index (χ2n) is 4.91. The highest BCUT2D eigenvalue weighted by Crippen LogP contribution is 2.24. The lowest BCUT2D eigenvalue weighted by Crippen LogP contribution is -2.41. The van der Waals surface area contributed by atoms with Gasteiger partial charge in [-0.1, -0.05) is 6.07 Å². The molecule has 0 aliphatic carbocycles. The Kier molecular flexibility index (Phi) is 5.00. The number of furan rings is 1. The van der Waals surface area contributed by atoms with Crippen molar-refractivity contribution in [2.75, 3.05) is 31.1 Å². The van der Waals surface area contributed by atoms with Crippen molar-refractivity contribution in [2.24, 2.45) is 0 Å². The van der Waals surface area contributed by atoms with Gasteiger partial charge < -0.3 is 9.73 Å². The average molecular weight is 322 g/mol. The lowest BCUT2D eigenvalue weighted by atomic mass is 10.1. The quantitative estimate of drug-likeness (QED) is 0.919. The van der Waals surface area contributed by atoms with Gasteiger partial charge in [-0.25, -0.2) is 0 Å². The summed E-state index contributed by atoms with van der Waals surface area (Å²) in [4.78, 5) is 15.3. The lowest BCUT2D eigenvalue weighted by molar-refractivity contribution is 0.0939. The highest BCUT2D eigenvalue weighted by molar-refractivity contribution is 7.99. The van der Waals surface area contributed by atoms with Crippen LogP contribution < -0.4 is 5.32 Å². The minimum atomic E-state index is 0.00452. The van der Waals surface area contributed by atoms with Gasteiger partial charge in [0, 0.05) is 36.7 Å². The summed E-state index contributed by atoms with van der Waals surface area (Å²) in [5, 5.41) is 4.97. The molecule has 1 atom stereocenters. The summed E-state index contributed by atoms with van der Waals surface area (Å²) in [6.07, 6.45) is 3.48. The molecule has 0 aromatic carbocycles. The lowest BCUT2D eigenvalue weighted by Gasteiger charge is -2.33. The van der Waals surface area contributed by atoms with E-state index in [2.05, 4.69) is 10.2 Å². The molecule has 112 valence electrons. The number of thiophene rings is 1. The number of carbonyl (C=O) groups is 1. The molecule has 6 heteroatoms. The molecule has 21 heavy (non-hydrogen) atoms. The molecule has 0 saturated carbocycles. The number of nitrogens with one attached hydrogen (secondary N) is 1. The van der Waals surface area contributed by atoms with Crippen LogP contribution in [0.25, 0.3) is 0 Å². The first-order valence-corrected chi connectivity index (χ1v) is 9.03. The number of rotatable bonds is 5. The third-order valence-corrected chi connectivity index (χ3v) is 5.43. The summed E-state index contributed by atoms with van der Waals surface area (Å²) in [5.41, 5.74) is 1.13. The van der Waals surface area contributed by atoms with Gasteiger partial charge in [0.2, 0.25) is 0 Å². The summed E-state index contributed by atoms with van der Waals surface area (Å²) in [5.74, 6) is 2.30. The van der Waals surface area contributed by atoms with Crippen molar-refractivity contribution >= 4 is 29.0 Å². The van der Waals surface area contributed by atoms with Gasteiger partial charge in [0.25, 0.3) is 5.91 Å². The second kappa shape index (κ2) is 7.15. The molecule has 1 aliphatic rings. The Morgan fingerprint density at radius 3 is 2.90 bits per heavy atom. The Balaban J connectivity index is 1.66. The molecular formula is C15H18N2O2S2. The Labute approximate surface area is 132 Å². The van der Waals surface area contributed by atoms with Gasteiger partial charge in [-0.2, -0.15) is 11.8 Å². The van der Waals surface area contributed by atoms with Gasteiger partial charge in [-0.3, -0.25) is 9.69 Å². The molecule has 1 aliphatic heterocycles. The third-order valence-electron chi connectivity index (χ3n) is 3.62. The largest absolute Gasteiger partial charge is 0.472 e. The van der Waals surface area contributed by atoms with Gasteiger partial charge in [0.15, 0.2) is 0 Å². The first kappa shape index (κ1) is 14.7. The SMILES string of the molecule is O=C(NCC(c1ccoc1)N1CCSCC1)c1cccs1. The molecule has 0 bridgehead atoms. The van der Waals surface area contributed by atoms with Crippen LogP contribution in [0.2, 0.25) is 0 Å². The molecule has 1 unspecified atom stereocenters. The standard InChI is InChI=1S/C15H18N2O2S2/c18-15(14-2-1-7-21-14)16-10-13(12-3-6-19-11-12)17-4-8-20-9-5-17/h1-3,6-7,11,13H,4-5,8-10H2,(H,16,18). The fraction of sp³-hybridized carbons (Fsp3) is 0.400. The smallest absolute Gasteiger partial charge is 0.261 e. The number of carbonyl (C=O) groups excluding carboxylic acids is 1. The van der Waals surface area contributed by atoms with Gasteiger partial charge in [-0.05, 0) is 17.5 Å². The van der Waals surface area contributed by atoms with Crippen LogP contribution in [0, 0.1) is 0 Å². The van der Waals surface area contributed by atoms with Crippen molar-refractivity contribution in [3.63, 3.8) is 0 Å². The molecule has 4 nitrogen and oxygen atoms in total. The van der Waals surface area contributed by atoms with Crippen LogP contribution in [0.5, 0.6) is 0 Å². The summed E-state index contributed by atoms with van der Waals surface area (Å²) in [6, 6.07) is 5.93. The number of hydrogen-bond acceptors (Lipinski definition) is 5. The second-order valence-corrected chi connectivity index (χ2v) is 7.08. The van der Waals surface area contributed by atoms with Crippen molar-refractivity contribution in [2.45, 2.75) is 6.04 Å². The van der Waals surface area contributed by atoms with Crippen LogP contribution in [0.15, 0.2) is 40.5 Å². The first-order chi connectivity index (χ1) is 10.3. The van der Waals surface area contributed by atoms with E-state index in [1.54, 1.807) is 12.5 Å². The molecule has 2 aromatic rings. The fourth-order valence-corrected chi connectivity index (χ4v) is 4.07. The van der Waals surface area contributed by atoms with E-state index in [1.807, 2.05) is 35.3 Å². The first-order valence-electron chi connectivity index (χ1n) is 7.00. The monoisotopic (exact) mass is 322 g/mol. The minimum absolute atomic E-state index is 0.00452. The molecule has 3 heterocycles. The van der Waals surface area contributed by atoms with Crippen molar-refractivity contribution in [1.29, 1.82) is 0 Å². The third kappa shape index (κ3) is 3.70. The van der Waals surface area contributed by atoms with Crippen molar-refractivity contribution in [1.82, 2.24) is 10.2 Å². The Hall–Kier alpha value is -1.24. The highest BCUT2D eigenvalue weighted by Gasteiger charge is 2.24. The molecule has 1 N–H and O–H groups in total.